The molecule has 2 unspecified atom stereocenters. The van der Waals surface area contributed by atoms with Gasteiger partial charge in [-0.15, -0.1) is 0 Å². The summed E-state index contributed by atoms with van der Waals surface area (Å²) in [6.45, 7) is 4.98. The Kier molecular flexibility index (Phi) is 6.55. The Balaban J connectivity index is 1.69. The van der Waals surface area contributed by atoms with Crippen molar-refractivity contribution in [3.63, 3.8) is 0 Å². The monoisotopic (exact) mass is 368 g/mol. The third-order valence-electron chi connectivity index (χ3n) is 7.87. The number of carbonyl (C=O) groups excluding carboxylic acids is 2. The van der Waals surface area contributed by atoms with Crippen molar-refractivity contribution in [1.29, 1.82) is 0 Å². The van der Waals surface area contributed by atoms with Gasteiger partial charge in [-0.2, -0.15) is 0 Å². The zero-order valence-electron chi connectivity index (χ0n) is 17.3. The number of benzene rings is 1. The van der Waals surface area contributed by atoms with Crippen molar-refractivity contribution < 1.29 is 9.59 Å². The van der Waals surface area contributed by atoms with Crippen LogP contribution in [-0.2, 0) is 4.79 Å². The molecule has 0 aliphatic heterocycles. The SMILES string of the molecule is CC1(C2(C)CCCC(C(=O)C(=O)c3ccccc3)CC2)CCCCCCC1. The molecule has 2 aliphatic rings. The van der Waals surface area contributed by atoms with Crippen molar-refractivity contribution in [3.05, 3.63) is 35.9 Å². The fourth-order valence-electron chi connectivity index (χ4n) is 5.57. The molecule has 2 saturated carbocycles. The quantitative estimate of drug-likeness (QED) is 0.333. The molecule has 0 heterocycles. The summed E-state index contributed by atoms with van der Waals surface area (Å²) in [6.07, 6.45) is 14.6. The topological polar surface area (TPSA) is 34.1 Å². The van der Waals surface area contributed by atoms with Crippen molar-refractivity contribution in [2.24, 2.45) is 16.7 Å². The molecule has 148 valence electrons. The van der Waals surface area contributed by atoms with E-state index >= 15 is 0 Å². The highest BCUT2D eigenvalue weighted by Gasteiger charge is 2.45. The molecule has 1 aromatic rings. The second kappa shape index (κ2) is 8.71. The van der Waals surface area contributed by atoms with Crippen molar-refractivity contribution in [1.82, 2.24) is 0 Å². The Labute approximate surface area is 165 Å². The fraction of sp³-hybridized carbons (Fsp3) is 0.680. The van der Waals surface area contributed by atoms with Gasteiger partial charge in [0.2, 0.25) is 11.6 Å². The van der Waals surface area contributed by atoms with E-state index < -0.39 is 0 Å². The largest absolute Gasteiger partial charge is 0.290 e. The molecule has 27 heavy (non-hydrogen) atoms. The summed E-state index contributed by atoms with van der Waals surface area (Å²) in [6, 6.07) is 9.07. The molecule has 2 fully saturated rings. The zero-order chi connectivity index (χ0) is 19.3. The molecule has 0 bridgehead atoms. The Bertz CT molecular complexity index is 640. The van der Waals surface area contributed by atoms with Crippen LogP contribution in [0.5, 0.6) is 0 Å². The van der Waals surface area contributed by atoms with E-state index in [1.807, 2.05) is 18.2 Å². The maximum atomic E-state index is 12.9. The van der Waals surface area contributed by atoms with Crippen LogP contribution >= 0.6 is 0 Å². The molecule has 3 rings (SSSR count). The third kappa shape index (κ3) is 4.52. The van der Waals surface area contributed by atoms with E-state index in [0.29, 0.717) is 16.4 Å². The molecule has 0 aromatic heterocycles. The summed E-state index contributed by atoms with van der Waals surface area (Å²) in [5, 5.41) is 0. The molecule has 2 heteroatoms. The summed E-state index contributed by atoms with van der Waals surface area (Å²) >= 11 is 0. The first kappa shape index (κ1) is 20.3. The van der Waals surface area contributed by atoms with E-state index in [1.54, 1.807) is 12.1 Å². The Morgan fingerprint density at radius 2 is 1.30 bits per heavy atom. The number of hydrogen-bond donors (Lipinski definition) is 0. The molecule has 0 saturated heterocycles. The van der Waals surface area contributed by atoms with Gasteiger partial charge in [-0.1, -0.05) is 82.7 Å². The van der Waals surface area contributed by atoms with Crippen LogP contribution in [0.4, 0.5) is 0 Å². The average Bonchev–Trinajstić information content (AvgIpc) is 2.87. The van der Waals surface area contributed by atoms with E-state index in [0.717, 1.165) is 25.7 Å². The standard InChI is InChI=1S/C25H36O2/c1-24(16-9-4-3-5-10-17-24)25(2)18-11-14-21(15-19-25)23(27)22(26)20-12-7-6-8-13-20/h6-8,12-13,21H,3-5,9-11,14-19H2,1-2H3. The number of hydrogen-bond acceptors (Lipinski definition) is 2. The van der Waals surface area contributed by atoms with Crippen LogP contribution in [0.3, 0.4) is 0 Å². The number of rotatable bonds is 4. The normalized spacial score (nSPS) is 29.2. The van der Waals surface area contributed by atoms with Crippen LogP contribution in [0.25, 0.3) is 0 Å². The average molecular weight is 369 g/mol. The Morgan fingerprint density at radius 3 is 1.96 bits per heavy atom. The molecule has 0 radical (unpaired) electrons. The van der Waals surface area contributed by atoms with E-state index in [1.165, 1.54) is 51.4 Å². The first-order valence-electron chi connectivity index (χ1n) is 11.1. The van der Waals surface area contributed by atoms with Crippen LogP contribution in [0.15, 0.2) is 30.3 Å². The maximum Gasteiger partial charge on any atom is 0.228 e. The highest BCUT2D eigenvalue weighted by Crippen LogP contribution is 2.55. The number of carbonyl (C=O) groups is 2. The Hall–Kier alpha value is -1.44. The lowest BCUT2D eigenvalue weighted by molar-refractivity contribution is -0.119. The molecule has 2 atom stereocenters. The first-order chi connectivity index (χ1) is 13.0. The van der Waals surface area contributed by atoms with E-state index in [-0.39, 0.29) is 17.5 Å². The van der Waals surface area contributed by atoms with Gasteiger partial charge in [0.25, 0.3) is 0 Å². The summed E-state index contributed by atoms with van der Waals surface area (Å²) in [4.78, 5) is 25.5. The highest BCUT2D eigenvalue weighted by molar-refractivity contribution is 6.44. The second-order valence-electron chi connectivity index (χ2n) is 9.58. The zero-order valence-corrected chi connectivity index (χ0v) is 17.3. The summed E-state index contributed by atoms with van der Waals surface area (Å²) < 4.78 is 0. The summed E-state index contributed by atoms with van der Waals surface area (Å²) in [5.74, 6) is -0.536. The molecule has 1 aromatic carbocycles. The van der Waals surface area contributed by atoms with E-state index in [9.17, 15) is 9.59 Å². The van der Waals surface area contributed by atoms with Crippen molar-refractivity contribution in [3.8, 4) is 0 Å². The molecule has 2 aliphatic carbocycles. The van der Waals surface area contributed by atoms with Gasteiger partial charge < -0.3 is 0 Å². The van der Waals surface area contributed by atoms with Crippen LogP contribution in [0.1, 0.15) is 101 Å². The molecule has 0 amide bonds. The molecule has 0 spiro atoms. The highest BCUT2D eigenvalue weighted by atomic mass is 16.2. The smallest absolute Gasteiger partial charge is 0.228 e. The van der Waals surface area contributed by atoms with Gasteiger partial charge >= 0.3 is 0 Å². The van der Waals surface area contributed by atoms with Crippen LogP contribution in [-0.4, -0.2) is 11.6 Å². The van der Waals surface area contributed by atoms with Gasteiger partial charge in [0.05, 0.1) is 0 Å². The van der Waals surface area contributed by atoms with Crippen LogP contribution in [0, 0.1) is 16.7 Å². The molecular weight excluding hydrogens is 332 g/mol. The van der Waals surface area contributed by atoms with Gasteiger partial charge in [0.15, 0.2) is 0 Å². The minimum absolute atomic E-state index is 0.0864. The van der Waals surface area contributed by atoms with Gasteiger partial charge in [0.1, 0.15) is 0 Å². The molecule has 0 N–H and O–H groups in total. The molecular formula is C25H36O2. The summed E-state index contributed by atoms with van der Waals surface area (Å²) in [5.41, 5.74) is 1.23. The van der Waals surface area contributed by atoms with E-state index in [2.05, 4.69) is 13.8 Å². The lowest BCUT2D eigenvalue weighted by atomic mass is 9.57. The maximum absolute atomic E-state index is 12.9. The lowest BCUT2D eigenvalue weighted by Crippen LogP contribution is -2.38. The van der Waals surface area contributed by atoms with Crippen LogP contribution in [0.2, 0.25) is 0 Å². The Morgan fingerprint density at radius 1 is 0.741 bits per heavy atom. The lowest BCUT2D eigenvalue weighted by Gasteiger charge is -2.48. The van der Waals surface area contributed by atoms with E-state index in [4.69, 9.17) is 0 Å². The van der Waals surface area contributed by atoms with Crippen LogP contribution < -0.4 is 0 Å². The number of ketones is 2. The third-order valence-corrected chi connectivity index (χ3v) is 7.87. The van der Waals surface area contributed by atoms with Gasteiger partial charge in [-0.05, 0) is 49.4 Å². The van der Waals surface area contributed by atoms with Crippen molar-refractivity contribution >= 4 is 11.6 Å². The van der Waals surface area contributed by atoms with Gasteiger partial charge in [-0.3, -0.25) is 9.59 Å². The van der Waals surface area contributed by atoms with Crippen molar-refractivity contribution in [2.45, 2.75) is 90.9 Å². The fourth-order valence-corrected chi connectivity index (χ4v) is 5.57. The van der Waals surface area contributed by atoms with Crippen molar-refractivity contribution in [2.75, 3.05) is 0 Å². The minimum atomic E-state index is -0.290. The minimum Gasteiger partial charge on any atom is -0.290 e. The number of Topliss-reactive ketones (excluding diaryl/α,β-unsaturated/α-hetero) is 2. The molecule has 2 nitrogen and oxygen atoms in total. The predicted octanol–water partition coefficient (Wildman–Crippen LogP) is 6.78. The van der Waals surface area contributed by atoms with Gasteiger partial charge in [-0.25, -0.2) is 0 Å². The van der Waals surface area contributed by atoms with Gasteiger partial charge in [0, 0.05) is 11.5 Å². The first-order valence-corrected chi connectivity index (χ1v) is 11.1. The second-order valence-corrected chi connectivity index (χ2v) is 9.58. The predicted molar refractivity (Wildman–Crippen MR) is 111 cm³/mol. The summed E-state index contributed by atoms with van der Waals surface area (Å²) in [7, 11) is 0.